The molecule has 0 radical (unpaired) electrons. The Labute approximate surface area is 184 Å². The van der Waals surface area contributed by atoms with Crippen molar-refractivity contribution in [2.24, 2.45) is 0 Å². The van der Waals surface area contributed by atoms with Gasteiger partial charge in [-0.25, -0.2) is 12.8 Å². The number of ether oxygens (including phenoxy) is 2. The van der Waals surface area contributed by atoms with Crippen molar-refractivity contribution in [3.8, 4) is 11.5 Å². The lowest BCUT2D eigenvalue weighted by Gasteiger charge is -2.23. The first kappa shape index (κ1) is 23.9. The van der Waals surface area contributed by atoms with Crippen LogP contribution in [0.3, 0.4) is 0 Å². The molecular formula is C20H24BrFN2O5S. The summed E-state index contributed by atoms with van der Waals surface area (Å²) in [7, 11) is -2.13. The molecule has 0 saturated carbocycles. The molecule has 0 unspecified atom stereocenters. The number of amides is 1. The number of nitrogens with zero attached hydrogens (tertiary/aromatic N) is 1. The van der Waals surface area contributed by atoms with Crippen LogP contribution in [0, 0.1) is 5.82 Å². The van der Waals surface area contributed by atoms with Crippen LogP contribution in [-0.4, -0.2) is 47.4 Å². The largest absolute Gasteiger partial charge is 0.497 e. The maximum atomic E-state index is 14.2. The Kier molecular flexibility index (Phi) is 8.91. The van der Waals surface area contributed by atoms with Gasteiger partial charge in [0, 0.05) is 23.5 Å². The van der Waals surface area contributed by atoms with E-state index in [2.05, 4.69) is 21.2 Å². The van der Waals surface area contributed by atoms with Crippen molar-refractivity contribution in [3.05, 3.63) is 52.8 Å². The topological polar surface area (TPSA) is 84.9 Å². The number of hydrogen-bond donors (Lipinski definition) is 1. The lowest BCUT2D eigenvalue weighted by molar-refractivity contribution is -0.121. The fraction of sp³-hybridized carbons (Fsp3) is 0.350. The Bertz CT molecular complexity index is 971. The van der Waals surface area contributed by atoms with Gasteiger partial charge in [-0.1, -0.05) is 22.0 Å². The van der Waals surface area contributed by atoms with E-state index in [0.717, 1.165) is 10.6 Å². The molecule has 30 heavy (non-hydrogen) atoms. The second-order valence-electron chi connectivity index (χ2n) is 6.41. The summed E-state index contributed by atoms with van der Waals surface area (Å²) in [5, 5.41) is 2.71. The zero-order valence-corrected chi connectivity index (χ0v) is 19.1. The molecule has 0 saturated heterocycles. The van der Waals surface area contributed by atoms with Gasteiger partial charge in [0.1, 0.15) is 23.9 Å². The first-order valence-corrected chi connectivity index (χ1v) is 11.8. The van der Waals surface area contributed by atoms with Crippen LogP contribution >= 0.6 is 15.9 Å². The van der Waals surface area contributed by atoms with Gasteiger partial charge in [-0.2, -0.15) is 0 Å². The van der Waals surface area contributed by atoms with E-state index < -0.39 is 15.8 Å². The van der Waals surface area contributed by atoms with Gasteiger partial charge >= 0.3 is 0 Å². The summed E-state index contributed by atoms with van der Waals surface area (Å²) in [6, 6.07) is 11.3. The summed E-state index contributed by atoms with van der Waals surface area (Å²) in [6.07, 6.45) is 1.35. The Morgan fingerprint density at radius 1 is 1.20 bits per heavy atom. The van der Waals surface area contributed by atoms with Crippen LogP contribution in [-0.2, 0) is 14.8 Å². The number of benzene rings is 2. The van der Waals surface area contributed by atoms with Gasteiger partial charge in [0.25, 0.3) is 0 Å². The molecule has 0 aliphatic carbocycles. The van der Waals surface area contributed by atoms with Crippen molar-refractivity contribution in [1.82, 2.24) is 5.32 Å². The number of carbonyl (C=O) groups is 1. The average molecular weight is 503 g/mol. The molecule has 1 amide bonds. The molecule has 1 N–H and O–H groups in total. The van der Waals surface area contributed by atoms with Crippen LogP contribution < -0.4 is 19.1 Å². The van der Waals surface area contributed by atoms with Crippen LogP contribution in [0.15, 0.2) is 46.9 Å². The molecule has 0 aromatic heterocycles. The number of carbonyl (C=O) groups excluding carboxylic acids is 1. The van der Waals surface area contributed by atoms with E-state index in [1.54, 1.807) is 37.4 Å². The van der Waals surface area contributed by atoms with Crippen LogP contribution in [0.25, 0.3) is 0 Å². The number of methoxy groups -OCH3 is 1. The number of rotatable bonds is 11. The molecule has 2 aromatic rings. The predicted molar refractivity (Wildman–Crippen MR) is 117 cm³/mol. The van der Waals surface area contributed by atoms with Gasteiger partial charge in [-0.05, 0) is 36.8 Å². The number of anilines is 1. The maximum Gasteiger partial charge on any atom is 0.232 e. The standard InChI is InChI=1S/C20H24BrFN2O5S/c1-28-16-5-3-6-17(14-16)29-12-10-23-20(25)7-4-11-24(30(2,26)27)19-9-8-15(21)13-18(19)22/h3,5-6,8-9,13-14H,4,7,10-12H2,1-2H3,(H,23,25). The highest BCUT2D eigenvalue weighted by molar-refractivity contribution is 9.10. The maximum absolute atomic E-state index is 14.2. The normalized spacial score (nSPS) is 11.1. The first-order valence-electron chi connectivity index (χ1n) is 9.17. The van der Waals surface area contributed by atoms with Gasteiger partial charge in [0.05, 0.1) is 25.6 Å². The third-order valence-electron chi connectivity index (χ3n) is 4.08. The molecule has 2 aromatic carbocycles. The Hall–Kier alpha value is -2.33. The highest BCUT2D eigenvalue weighted by Gasteiger charge is 2.21. The molecule has 0 bridgehead atoms. The van der Waals surface area contributed by atoms with E-state index in [9.17, 15) is 17.6 Å². The number of hydrogen-bond acceptors (Lipinski definition) is 5. The third kappa shape index (κ3) is 7.49. The van der Waals surface area contributed by atoms with Gasteiger partial charge in [0.15, 0.2) is 0 Å². The van der Waals surface area contributed by atoms with Gasteiger partial charge < -0.3 is 14.8 Å². The lowest BCUT2D eigenvalue weighted by Crippen LogP contribution is -2.33. The second-order valence-corrected chi connectivity index (χ2v) is 9.23. The quantitative estimate of drug-likeness (QED) is 0.476. The molecule has 0 fully saturated rings. The molecule has 0 aliphatic heterocycles. The minimum Gasteiger partial charge on any atom is -0.497 e. The minimum absolute atomic E-state index is 0.00881. The van der Waals surface area contributed by atoms with Crippen LogP contribution in [0.4, 0.5) is 10.1 Å². The molecular weight excluding hydrogens is 479 g/mol. The van der Waals surface area contributed by atoms with Gasteiger partial charge in [-0.15, -0.1) is 0 Å². The number of sulfonamides is 1. The summed E-state index contributed by atoms with van der Waals surface area (Å²) in [6.45, 7) is 0.566. The van der Waals surface area contributed by atoms with Crippen molar-refractivity contribution in [1.29, 1.82) is 0 Å². The Morgan fingerprint density at radius 2 is 1.93 bits per heavy atom. The van der Waals surface area contributed by atoms with Crippen molar-refractivity contribution in [3.63, 3.8) is 0 Å². The summed E-state index contributed by atoms with van der Waals surface area (Å²) in [5.41, 5.74) is -0.0483. The van der Waals surface area contributed by atoms with E-state index in [4.69, 9.17) is 9.47 Å². The second kappa shape index (κ2) is 11.2. The molecule has 0 heterocycles. The Balaban J connectivity index is 1.78. The lowest BCUT2D eigenvalue weighted by atomic mass is 10.2. The van der Waals surface area contributed by atoms with Crippen LogP contribution in [0.5, 0.6) is 11.5 Å². The fourth-order valence-electron chi connectivity index (χ4n) is 2.67. The zero-order valence-electron chi connectivity index (χ0n) is 16.7. The van der Waals surface area contributed by atoms with Crippen molar-refractivity contribution in [2.75, 3.05) is 37.4 Å². The van der Waals surface area contributed by atoms with Crippen LogP contribution in [0.1, 0.15) is 12.8 Å². The number of nitrogens with one attached hydrogen (secondary N) is 1. The summed E-state index contributed by atoms with van der Waals surface area (Å²) < 4.78 is 50.4. The van der Waals surface area contributed by atoms with Crippen LogP contribution in [0.2, 0.25) is 0 Å². The Morgan fingerprint density at radius 3 is 2.60 bits per heavy atom. The molecule has 164 valence electrons. The molecule has 0 spiro atoms. The predicted octanol–water partition coefficient (Wildman–Crippen LogP) is 3.34. The molecule has 2 rings (SSSR count). The minimum atomic E-state index is -3.69. The molecule has 7 nitrogen and oxygen atoms in total. The van der Waals surface area contributed by atoms with Crippen molar-refractivity contribution >= 4 is 37.5 Å². The number of halogens is 2. The fourth-order valence-corrected chi connectivity index (χ4v) is 3.97. The van der Waals surface area contributed by atoms with E-state index in [-0.39, 0.29) is 37.6 Å². The average Bonchev–Trinajstić information content (AvgIpc) is 2.69. The van der Waals surface area contributed by atoms with E-state index in [0.29, 0.717) is 22.5 Å². The van der Waals surface area contributed by atoms with Crippen molar-refractivity contribution in [2.45, 2.75) is 12.8 Å². The summed E-state index contributed by atoms with van der Waals surface area (Å²) in [4.78, 5) is 12.0. The SMILES string of the molecule is COc1cccc(OCCNC(=O)CCCN(c2ccc(Br)cc2F)S(C)(=O)=O)c1. The molecule has 10 heteroatoms. The van der Waals surface area contributed by atoms with Crippen molar-refractivity contribution < 1.29 is 27.1 Å². The van der Waals surface area contributed by atoms with E-state index >= 15 is 0 Å². The van der Waals surface area contributed by atoms with Gasteiger partial charge in [0.2, 0.25) is 15.9 Å². The third-order valence-corrected chi connectivity index (χ3v) is 5.75. The smallest absolute Gasteiger partial charge is 0.232 e. The summed E-state index contributed by atoms with van der Waals surface area (Å²) >= 11 is 3.14. The van der Waals surface area contributed by atoms with Gasteiger partial charge in [-0.3, -0.25) is 9.10 Å². The molecule has 0 aliphatic rings. The highest BCUT2D eigenvalue weighted by Crippen LogP contribution is 2.25. The highest BCUT2D eigenvalue weighted by atomic mass is 79.9. The first-order chi connectivity index (χ1) is 14.2. The monoisotopic (exact) mass is 502 g/mol. The zero-order chi connectivity index (χ0) is 22.1. The van der Waals surface area contributed by atoms with E-state index in [1.807, 2.05) is 0 Å². The molecule has 0 atom stereocenters. The summed E-state index contributed by atoms with van der Waals surface area (Å²) in [5.74, 6) is 0.404. The van der Waals surface area contributed by atoms with E-state index in [1.165, 1.54) is 12.1 Å².